The molecule has 2 N–H and O–H groups in total. The lowest BCUT2D eigenvalue weighted by Crippen LogP contribution is -2.29. The maximum absolute atomic E-state index is 11.7. The summed E-state index contributed by atoms with van der Waals surface area (Å²) >= 11 is 3.37. The summed E-state index contributed by atoms with van der Waals surface area (Å²) in [4.78, 5) is 15.6. The van der Waals surface area contributed by atoms with Gasteiger partial charge in [0, 0.05) is 17.4 Å². The zero-order chi connectivity index (χ0) is 13.5. The maximum atomic E-state index is 11.7. The van der Waals surface area contributed by atoms with E-state index in [0.29, 0.717) is 18.9 Å². The van der Waals surface area contributed by atoms with Crippen LogP contribution in [-0.2, 0) is 11.2 Å². The van der Waals surface area contributed by atoms with Crippen molar-refractivity contribution in [2.45, 2.75) is 6.42 Å². The van der Waals surface area contributed by atoms with Gasteiger partial charge < -0.3 is 15.2 Å². The lowest BCUT2D eigenvalue weighted by molar-refractivity contribution is -0.115. The van der Waals surface area contributed by atoms with Gasteiger partial charge in [0.15, 0.2) is 6.33 Å². The quantitative estimate of drug-likeness (QED) is 0.789. The molecule has 0 saturated carbocycles. The average molecular weight is 325 g/mol. The van der Waals surface area contributed by atoms with Crippen LogP contribution in [0.1, 0.15) is 5.89 Å². The van der Waals surface area contributed by atoms with Gasteiger partial charge in [-0.3, -0.25) is 4.79 Å². The SMILES string of the molecule is O=C(CNCCc1ncno1)Nc1ccccc1Br. The minimum atomic E-state index is -0.0996. The summed E-state index contributed by atoms with van der Waals surface area (Å²) in [5.41, 5.74) is 0.756. The summed E-state index contributed by atoms with van der Waals surface area (Å²) in [6.07, 6.45) is 1.96. The number of anilines is 1. The van der Waals surface area contributed by atoms with E-state index in [4.69, 9.17) is 4.52 Å². The van der Waals surface area contributed by atoms with Crippen LogP contribution in [-0.4, -0.2) is 29.1 Å². The monoisotopic (exact) mass is 324 g/mol. The number of para-hydroxylation sites is 1. The number of benzene rings is 1. The van der Waals surface area contributed by atoms with Gasteiger partial charge in [0.05, 0.1) is 12.2 Å². The fourth-order valence-electron chi connectivity index (χ4n) is 1.46. The highest BCUT2D eigenvalue weighted by Crippen LogP contribution is 2.20. The molecule has 7 heteroatoms. The fraction of sp³-hybridized carbons (Fsp3) is 0.250. The van der Waals surface area contributed by atoms with Crippen LogP contribution in [0.5, 0.6) is 0 Å². The number of carbonyl (C=O) groups excluding carboxylic acids is 1. The molecule has 0 spiro atoms. The largest absolute Gasteiger partial charge is 0.340 e. The molecule has 0 aliphatic heterocycles. The second kappa shape index (κ2) is 7.01. The predicted octanol–water partition coefficient (Wildman–Crippen LogP) is 1.60. The summed E-state index contributed by atoms with van der Waals surface area (Å²) in [7, 11) is 0. The second-order valence-electron chi connectivity index (χ2n) is 3.79. The predicted molar refractivity (Wildman–Crippen MR) is 73.6 cm³/mol. The number of nitrogens with one attached hydrogen (secondary N) is 2. The Labute approximate surface area is 118 Å². The van der Waals surface area contributed by atoms with Crippen LogP contribution in [0.2, 0.25) is 0 Å². The van der Waals surface area contributed by atoms with Gasteiger partial charge in [-0.1, -0.05) is 17.3 Å². The highest BCUT2D eigenvalue weighted by atomic mass is 79.9. The lowest BCUT2D eigenvalue weighted by Gasteiger charge is -2.07. The third-order valence-electron chi connectivity index (χ3n) is 2.36. The molecule has 0 aliphatic rings. The van der Waals surface area contributed by atoms with Gasteiger partial charge in [-0.15, -0.1) is 0 Å². The van der Waals surface area contributed by atoms with Gasteiger partial charge in [-0.2, -0.15) is 4.98 Å². The molecule has 6 nitrogen and oxygen atoms in total. The molecule has 0 saturated heterocycles. The van der Waals surface area contributed by atoms with E-state index < -0.39 is 0 Å². The molecule has 19 heavy (non-hydrogen) atoms. The van der Waals surface area contributed by atoms with E-state index in [-0.39, 0.29) is 12.5 Å². The molecular weight excluding hydrogens is 312 g/mol. The summed E-state index contributed by atoms with van der Waals surface area (Å²) < 4.78 is 5.70. The van der Waals surface area contributed by atoms with Gasteiger partial charge in [0.25, 0.3) is 0 Å². The third kappa shape index (κ3) is 4.46. The van der Waals surface area contributed by atoms with Gasteiger partial charge >= 0.3 is 0 Å². The van der Waals surface area contributed by atoms with E-state index >= 15 is 0 Å². The van der Waals surface area contributed by atoms with Gasteiger partial charge in [-0.25, -0.2) is 0 Å². The van der Waals surface area contributed by atoms with Crippen LogP contribution in [0, 0.1) is 0 Å². The summed E-state index contributed by atoms with van der Waals surface area (Å²) in [6.45, 7) is 0.834. The fourth-order valence-corrected chi connectivity index (χ4v) is 1.84. The van der Waals surface area contributed by atoms with Crippen LogP contribution >= 0.6 is 15.9 Å². The topological polar surface area (TPSA) is 80.1 Å². The number of nitrogens with zero attached hydrogens (tertiary/aromatic N) is 2. The van der Waals surface area contributed by atoms with Crippen molar-refractivity contribution in [1.82, 2.24) is 15.5 Å². The molecule has 0 fully saturated rings. The normalized spacial score (nSPS) is 10.4. The van der Waals surface area contributed by atoms with Crippen LogP contribution in [0.4, 0.5) is 5.69 Å². The van der Waals surface area contributed by atoms with Crippen molar-refractivity contribution in [3.8, 4) is 0 Å². The van der Waals surface area contributed by atoms with Crippen LogP contribution in [0.3, 0.4) is 0 Å². The highest BCUT2D eigenvalue weighted by molar-refractivity contribution is 9.10. The van der Waals surface area contributed by atoms with Crippen molar-refractivity contribution >= 4 is 27.5 Å². The Bertz CT molecular complexity index is 530. The van der Waals surface area contributed by atoms with Crippen molar-refractivity contribution in [2.75, 3.05) is 18.4 Å². The molecule has 0 aliphatic carbocycles. The van der Waals surface area contributed by atoms with E-state index in [1.165, 1.54) is 6.33 Å². The summed E-state index contributed by atoms with van der Waals surface area (Å²) in [5, 5.41) is 9.32. The van der Waals surface area contributed by atoms with E-state index in [9.17, 15) is 4.79 Å². The number of aromatic nitrogens is 2. The minimum absolute atomic E-state index is 0.0996. The number of carbonyl (C=O) groups is 1. The lowest BCUT2D eigenvalue weighted by atomic mass is 10.3. The third-order valence-corrected chi connectivity index (χ3v) is 3.05. The number of rotatable bonds is 6. The molecule has 2 rings (SSSR count). The molecule has 1 aromatic carbocycles. The smallest absolute Gasteiger partial charge is 0.238 e. The Balaban J connectivity index is 1.69. The van der Waals surface area contributed by atoms with Crippen LogP contribution in [0.25, 0.3) is 0 Å². The molecule has 2 aromatic rings. The first-order chi connectivity index (χ1) is 9.25. The first-order valence-corrected chi connectivity index (χ1v) is 6.55. The summed E-state index contributed by atoms with van der Waals surface area (Å²) in [6, 6.07) is 7.46. The number of halogens is 1. The zero-order valence-corrected chi connectivity index (χ0v) is 11.7. The van der Waals surface area contributed by atoms with Crippen LogP contribution in [0.15, 0.2) is 39.6 Å². The molecular formula is C12H13BrN4O2. The molecule has 1 aromatic heterocycles. The molecule has 0 radical (unpaired) electrons. The first kappa shape index (κ1) is 13.7. The number of amides is 1. The van der Waals surface area contributed by atoms with Gasteiger partial charge in [0.1, 0.15) is 0 Å². The highest BCUT2D eigenvalue weighted by Gasteiger charge is 2.05. The summed E-state index contributed by atoms with van der Waals surface area (Å²) in [5.74, 6) is 0.455. The van der Waals surface area contributed by atoms with Crippen molar-refractivity contribution in [2.24, 2.45) is 0 Å². The van der Waals surface area contributed by atoms with Gasteiger partial charge in [0.2, 0.25) is 11.8 Å². The Morgan fingerprint density at radius 1 is 1.37 bits per heavy atom. The van der Waals surface area contributed by atoms with Crippen molar-refractivity contribution in [3.05, 3.63) is 41.0 Å². The zero-order valence-electron chi connectivity index (χ0n) is 10.1. The van der Waals surface area contributed by atoms with E-state index in [0.717, 1.165) is 10.2 Å². The van der Waals surface area contributed by atoms with Gasteiger partial charge in [-0.05, 0) is 28.1 Å². The number of hydrogen-bond acceptors (Lipinski definition) is 5. The molecule has 1 amide bonds. The maximum Gasteiger partial charge on any atom is 0.238 e. The van der Waals surface area contributed by atoms with Crippen molar-refractivity contribution in [3.63, 3.8) is 0 Å². The molecule has 0 bridgehead atoms. The van der Waals surface area contributed by atoms with E-state index in [1.54, 1.807) is 0 Å². The van der Waals surface area contributed by atoms with Crippen molar-refractivity contribution in [1.29, 1.82) is 0 Å². The molecule has 100 valence electrons. The molecule has 0 atom stereocenters. The first-order valence-electron chi connectivity index (χ1n) is 5.76. The van der Waals surface area contributed by atoms with Crippen LogP contribution < -0.4 is 10.6 Å². The Kier molecular flexibility index (Phi) is 5.05. The molecule has 1 heterocycles. The second-order valence-corrected chi connectivity index (χ2v) is 4.64. The standard InChI is InChI=1S/C12H13BrN4O2/c13-9-3-1-2-4-10(9)17-11(18)7-14-6-5-12-15-8-16-19-12/h1-4,8,14H,5-7H2,(H,17,18). The average Bonchev–Trinajstić information content (AvgIpc) is 2.91. The van der Waals surface area contributed by atoms with E-state index in [1.807, 2.05) is 24.3 Å². The number of hydrogen-bond donors (Lipinski definition) is 2. The van der Waals surface area contributed by atoms with Crippen molar-refractivity contribution < 1.29 is 9.32 Å². The Hall–Kier alpha value is -1.73. The Morgan fingerprint density at radius 2 is 2.21 bits per heavy atom. The minimum Gasteiger partial charge on any atom is -0.340 e. The molecule has 0 unspecified atom stereocenters. The Morgan fingerprint density at radius 3 is 2.95 bits per heavy atom. The van der Waals surface area contributed by atoms with E-state index in [2.05, 4.69) is 36.7 Å².